The molecule has 1 fully saturated rings. The van der Waals surface area contributed by atoms with Crippen LogP contribution in [0.5, 0.6) is 11.6 Å². The lowest BCUT2D eigenvalue weighted by Crippen LogP contribution is -2.11. The van der Waals surface area contributed by atoms with Crippen molar-refractivity contribution in [1.82, 2.24) is 9.38 Å². The topological polar surface area (TPSA) is 96.9 Å². The molecule has 1 aliphatic carbocycles. The van der Waals surface area contributed by atoms with Gasteiger partial charge >= 0.3 is 5.97 Å². The molecule has 3 rings (SSSR count). The second-order valence-corrected chi connectivity index (χ2v) is 6.70. The maximum Gasteiger partial charge on any atom is 0.346 e. The summed E-state index contributed by atoms with van der Waals surface area (Å²) in [7, 11) is 0. The zero-order valence-corrected chi connectivity index (χ0v) is 15.5. The molecule has 27 heavy (non-hydrogen) atoms. The van der Waals surface area contributed by atoms with Crippen LogP contribution in [-0.2, 0) is 4.79 Å². The third kappa shape index (κ3) is 4.05. The highest BCUT2D eigenvalue weighted by molar-refractivity contribution is 5.96. The van der Waals surface area contributed by atoms with Gasteiger partial charge in [0, 0.05) is 6.20 Å². The molecule has 0 radical (unpaired) electrons. The number of carboxylic acids is 1. The zero-order chi connectivity index (χ0) is 19.4. The summed E-state index contributed by atoms with van der Waals surface area (Å²) in [6.45, 7) is 3.90. The molecule has 1 atom stereocenters. The van der Waals surface area contributed by atoms with E-state index < -0.39 is 5.97 Å². The lowest BCUT2D eigenvalue weighted by Gasteiger charge is -2.13. The number of carboxylic acid groups (broad SMARTS) is 1. The van der Waals surface area contributed by atoms with Crippen molar-refractivity contribution in [3.8, 4) is 17.7 Å². The highest BCUT2D eigenvalue weighted by atomic mass is 16.5. The number of imidazole rings is 1. The van der Waals surface area contributed by atoms with Gasteiger partial charge in [0.05, 0.1) is 12.2 Å². The average molecular weight is 369 g/mol. The molecule has 0 bridgehead atoms. The number of nitriles is 1. The van der Waals surface area contributed by atoms with Gasteiger partial charge in [0.2, 0.25) is 5.88 Å². The number of nitrogens with zero attached hydrogens (tertiary/aromatic N) is 3. The van der Waals surface area contributed by atoms with Gasteiger partial charge in [0.15, 0.2) is 11.4 Å². The van der Waals surface area contributed by atoms with E-state index >= 15 is 0 Å². The second kappa shape index (κ2) is 8.12. The largest absolute Gasteiger partial charge is 0.487 e. The zero-order valence-electron chi connectivity index (χ0n) is 15.5. The summed E-state index contributed by atoms with van der Waals surface area (Å²) in [5, 5.41) is 18.4. The minimum atomic E-state index is -1.29. The number of aliphatic carboxylic acids is 1. The lowest BCUT2D eigenvalue weighted by atomic mass is 10.2. The van der Waals surface area contributed by atoms with Crippen LogP contribution in [0.2, 0.25) is 0 Å². The summed E-state index contributed by atoms with van der Waals surface area (Å²) in [5.74, 6) is -0.368. The standard InChI is InChI=1S/C20H23N3O4/c1-3-13(2)26-19-16(11-14(12-21)20(24)25)23-10-6-9-17(18(23)22-19)27-15-7-4-5-8-15/h6,9-11,13,15H,3-5,7-8H2,1-2H3,(H,24,25)/b14-11+. The van der Waals surface area contributed by atoms with E-state index in [1.807, 2.05) is 26.0 Å². The van der Waals surface area contributed by atoms with Crippen molar-refractivity contribution < 1.29 is 19.4 Å². The van der Waals surface area contributed by atoms with Crippen molar-refractivity contribution in [1.29, 1.82) is 5.26 Å². The first-order valence-electron chi connectivity index (χ1n) is 9.23. The summed E-state index contributed by atoms with van der Waals surface area (Å²) in [4.78, 5) is 15.9. The van der Waals surface area contributed by atoms with E-state index in [1.54, 1.807) is 16.7 Å². The molecule has 0 aromatic carbocycles. The quantitative estimate of drug-likeness (QED) is 0.588. The van der Waals surface area contributed by atoms with Crippen LogP contribution < -0.4 is 9.47 Å². The first kappa shape index (κ1) is 18.8. The number of pyridine rings is 1. The summed E-state index contributed by atoms with van der Waals surface area (Å²) in [5.41, 5.74) is 0.589. The normalized spacial score (nSPS) is 16.3. The van der Waals surface area contributed by atoms with Gasteiger partial charge < -0.3 is 14.6 Å². The Morgan fingerprint density at radius 2 is 2.26 bits per heavy atom. The molecule has 2 aromatic heterocycles. The molecule has 0 saturated heterocycles. The molecule has 7 nitrogen and oxygen atoms in total. The Balaban J connectivity index is 2.11. The fourth-order valence-electron chi connectivity index (χ4n) is 3.09. The summed E-state index contributed by atoms with van der Waals surface area (Å²) in [6, 6.07) is 5.37. The molecular weight excluding hydrogens is 346 g/mol. The van der Waals surface area contributed by atoms with Crippen molar-refractivity contribution in [3.63, 3.8) is 0 Å². The fourth-order valence-corrected chi connectivity index (χ4v) is 3.09. The SMILES string of the molecule is CCC(C)Oc1nc2c(OC3CCCC3)cccn2c1/C=C(\C#N)C(=O)O. The molecule has 1 saturated carbocycles. The van der Waals surface area contributed by atoms with Crippen LogP contribution in [-0.4, -0.2) is 32.7 Å². The van der Waals surface area contributed by atoms with Gasteiger partial charge in [-0.25, -0.2) is 4.79 Å². The minimum absolute atomic E-state index is 0.100. The van der Waals surface area contributed by atoms with Gasteiger partial charge in [-0.05, 0) is 57.2 Å². The smallest absolute Gasteiger partial charge is 0.346 e. The molecule has 2 aromatic rings. The predicted octanol–water partition coefficient (Wildman–Crippen LogP) is 3.82. The summed E-state index contributed by atoms with van der Waals surface area (Å²) < 4.78 is 13.7. The molecule has 0 amide bonds. The van der Waals surface area contributed by atoms with E-state index in [4.69, 9.17) is 14.7 Å². The van der Waals surface area contributed by atoms with Gasteiger partial charge in [0.1, 0.15) is 17.3 Å². The van der Waals surface area contributed by atoms with Crippen molar-refractivity contribution in [2.75, 3.05) is 0 Å². The first-order valence-corrected chi connectivity index (χ1v) is 9.23. The molecule has 7 heteroatoms. The van der Waals surface area contributed by atoms with Crippen LogP contribution in [0.25, 0.3) is 11.7 Å². The Morgan fingerprint density at radius 3 is 2.89 bits per heavy atom. The van der Waals surface area contributed by atoms with E-state index in [0.717, 1.165) is 32.1 Å². The molecule has 0 spiro atoms. The number of fused-ring (bicyclic) bond motifs is 1. The van der Waals surface area contributed by atoms with Crippen molar-refractivity contribution in [2.45, 2.75) is 58.2 Å². The number of ether oxygens (including phenoxy) is 2. The molecule has 1 aliphatic rings. The van der Waals surface area contributed by atoms with Gasteiger partial charge in [-0.15, -0.1) is 0 Å². The minimum Gasteiger partial charge on any atom is -0.487 e. The Kier molecular flexibility index (Phi) is 5.65. The summed E-state index contributed by atoms with van der Waals surface area (Å²) in [6.07, 6.45) is 8.23. The van der Waals surface area contributed by atoms with Gasteiger partial charge in [0.25, 0.3) is 0 Å². The van der Waals surface area contributed by atoms with Gasteiger partial charge in [-0.1, -0.05) is 6.92 Å². The van der Waals surface area contributed by atoms with Crippen LogP contribution in [0.1, 0.15) is 51.6 Å². The van der Waals surface area contributed by atoms with E-state index in [2.05, 4.69) is 4.98 Å². The Labute approximate surface area is 157 Å². The maximum atomic E-state index is 11.3. The lowest BCUT2D eigenvalue weighted by molar-refractivity contribution is -0.132. The number of hydrogen-bond donors (Lipinski definition) is 1. The maximum absolute atomic E-state index is 11.3. The molecule has 142 valence electrons. The van der Waals surface area contributed by atoms with Crippen LogP contribution in [0.3, 0.4) is 0 Å². The van der Waals surface area contributed by atoms with Crippen molar-refractivity contribution in [3.05, 3.63) is 29.6 Å². The predicted molar refractivity (Wildman–Crippen MR) is 99.7 cm³/mol. The number of aromatic nitrogens is 2. The van der Waals surface area contributed by atoms with Gasteiger partial charge in [-0.2, -0.15) is 10.2 Å². The fraction of sp³-hybridized carbons (Fsp3) is 0.450. The number of carbonyl (C=O) groups is 1. The molecule has 2 heterocycles. The molecule has 1 unspecified atom stereocenters. The van der Waals surface area contributed by atoms with E-state index in [1.165, 1.54) is 6.08 Å². The van der Waals surface area contributed by atoms with Crippen molar-refractivity contribution in [2.24, 2.45) is 0 Å². The van der Waals surface area contributed by atoms with E-state index in [9.17, 15) is 9.90 Å². The third-order valence-corrected chi connectivity index (χ3v) is 4.73. The molecule has 1 N–H and O–H groups in total. The van der Waals surface area contributed by atoms with Crippen LogP contribution in [0.15, 0.2) is 23.9 Å². The van der Waals surface area contributed by atoms with E-state index in [0.29, 0.717) is 23.0 Å². The number of rotatable bonds is 7. The molecular formula is C20H23N3O4. The third-order valence-electron chi connectivity index (χ3n) is 4.73. The van der Waals surface area contributed by atoms with Crippen molar-refractivity contribution >= 4 is 17.7 Å². The highest BCUT2D eigenvalue weighted by Crippen LogP contribution is 2.31. The highest BCUT2D eigenvalue weighted by Gasteiger charge is 2.22. The Morgan fingerprint density at radius 1 is 1.52 bits per heavy atom. The Hall–Kier alpha value is -3.01. The molecule has 0 aliphatic heterocycles. The monoisotopic (exact) mass is 369 g/mol. The summed E-state index contributed by atoms with van der Waals surface area (Å²) >= 11 is 0. The Bertz CT molecular complexity index is 904. The van der Waals surface area contributed by atoms with Crippen LogP contribution in [0.4, 0.5) is 0 Å². The second-order valence-electron chi connectivity index (χ2n) is 6.70. The number of hydrogen-bond acceptors (Lipinski definition) is 5. The average Bonchev–Trinajstić information content (AvgIpc) is 3.28. The van der Waals surface area contributed by atoms with E-state index in [-0.39, 0.29) is 17.8 Å². The van der Waals surface area contributed by atoms with Crippen LogP contribution >= 0.6 is 0 Å². The first-order chi connectivity index (χ1) is 13.0. The van der Waals surface area contributed by atoms with Crippen LogP contribution in [0, 0.1) is 11.3 Å². The van der Waals surface area contributed by atoms with Gasteiger partial charge in [-0.3, -0.25) is 4.40 Å².